The van der Waals surface area contributed by atoms with Gasteiger partial charge in [0.15, 0.2) is 0 Å². The van der Waals surface area contributed by atoms with Crippen molar-refractivity contribution in [3.8, 4) is 0 Å². The van der Waals surface area contributed by atoms with Gasteiger partial charge in [-0.25, -0.2) is 18.4 Å². The van der Waals surface area contributed by atoms with E-state index in [2.05, 4.69) is 28.8 Å². The molecule has 1 saturated carbocycles. The molecule has 0 N–H and O–H groups in total. The van der Waals surface area contributed by atoms with Crippen LogP contribution in [0.25, 0.3) is 16.8 Å². The van der Waals surface area contributed by atoms with Gasteiger partial charge in [0.25, 0.3) is 5.71 Å². The molecule has 188 valence electrons. The summed E-state index contributed by atoms with van der Waals surface area (Å²) in [6.45, 7) is 4.38. The van der Waals surface area contributed by atoms with Crippen LogP contribution in [0.5, 0.6) is 0 Å². The molecule has 0 amide bonds. The van der Waals surface area contributed by atoms with Crippen molar-refractivity contribution >= 4 is 32.6 Å². The normalized spacial score (nSPS) is 23.2. The molecular weight excluding hydrogens is 482 g/mol. The van der Waals surface area contributed by atoms with Crippen molar-refractivity contribution in [3.05, 3.63) is 66.2 Å². The fraction of sp³-hybridized carbons (Fsp3) is 0.385. The van der Waals surface area contributed by atoms with Crippen LogP contribution in [0.3, 0.4) is 0 Å². The standard InChI is InChI=1S/C26H27N3O6S/c1-26(2)13-17(22-28-20-14-27-25(36(3,31)32)29-23(20)35-22)9-10-21(26)34-19-11-18(12-19)24(30)33-15-16-7-5-4-6-8-16/h4-10,13-14,18-19,21H,11-12,15H2,1-3H3. The Balaban J connectivity index is 1.19. The molecule has 1 fully saturated rings. The summed E-state index contributed by atoms with van der Waals surface area (Å²) in [6, 6.07) is 9.63. The second-order valence-corrected chi connectivity index (χ2v) is 11.8. The van der Waals surface area contributed by atoms with E-state index in [9.17, 15) is 13.2 Å². The summed E-state index contributed by atoms with van der Waals surface area (Å²) in [5, 5.41) is -0.303. The zero-order valence-electron chi connectivity index (χ0n) is 20.2. The van der Waals surface area contributed by atoms with Gasteiger partial charge in [-0.3, -0.25) is 4.79 Å². The quantitative estimate of drug-likeness (QED) is 0.345. The third-order valence-electron chi connectivity index (χ3n) is 6.41. The van der Waals surface area contributed by atoms with Gasteiger partial charge in [-0.1, -0.05) is 62.4 Å². The first-order chi connectivity index (χ1) is 17.1. The molecular formula is C26H27N3O6S. The lowest BCUT2D eigenvalue weighted by molar-refractivity contribution is -0.162. The van der Waals surface area contributed by atoms with Gasteiger partial charge in [-0.2, -0.15) is 4.98 Å². The summed E-state index contributed by atoms with van der Waals surface area (Å²) in [7, 11) is -3.55. The zero-order valence-corrected chi connectivity index (χ0v) is 21.1. The molecule has 0 bridgehead atoms. The topological polar surface area (TPSA) is 121 Å². The minimum Gasteiger partial charge on any atom is -0.461 e. The van der Waals surface area contributed by atoms with Crippen molar-refractivity contribution in [1.82, 2.24) is 15.0 Å². The number of carbonyl (C=O) groups is 1. The number of fused-ring (bicyclic) bond motifs is 1. The lowest BCUT2D eigenvalue weighted by Crippen LogP contribution is -2.42. The molecule has 3 aromatic rings. The molecule has 0 spiro atoms. The minimum atomic E-state index is -3.55. The number of sulfone groups is 1. The third kappa shape index (κ3) is 5.10. The van der Waals surface area contributed by atoms with Crippen LogP contribution in [0, 0.1) is 11.3 Å². The number of carbonyl (C=O) groups excluding carboxylic acids is 1. The van der Waals surface area contributed by atoms with Gasteiger partial charge in [-0.15, -0.1) is 0 Å². The molecule has 2 aliphatic rings. The third-order valence-corrected chi connectivity index (χ3v) is 7.27. The molecule has 2 aliphatic carbocycles. The largest absolute Gasteiger partial charge is 0.461 e. The Labute approximate surface area is 209 Å². The number of rotatable bonds is 7. The first-order valence-electron chi connectivity index (χ1n) is 11.7. The van der Waals surface area contributed by atoms with Crippen LogP contribution < -0.4 is 0 Å². The molecule has 2 heterocycles. The minimum absolute atomic E-state index is 0.0165. The van der Waals surface area contributed by atoms with Gasteiger partial charge < -0.3 is 13.9 Å². The Bertz CT molecular complexity index is 1450. The van der Waals surface area contributed by atoms with Gasteiger partial charge in [0.05, 0.1) is 24.3 Å². The summed E-state index contributed by atoms with van der Waals surface area (Å²) in [5.41, 5.74) is 1.84. The second-order valence-electron chi connectivity index (χ2n) is 9.85. The van der Waals surface area contributed by atoms with E-state index >= 15 is 0 Å². The van der Waals surface area contributed by atoms with E-state index < -0.39 is 9.84 Å². The highest BCUT2D eigenvalue weighted by Gasteiger charge is 2.40. The van der Waals surface area contributed by atoms with Crippen molar-refractivity contribution in [2.75, 3.05) is 6.26 Å². The second kappa shape index (κ2) is 9.25. The van der Waals surface area contributed by atoms with Gasteiger partial charge in [-0.05, 0) is 18.4 Å². The van der Waals surface area contributed by atoms with E-state index in [4.69, 9.17) is 13.9 Å². The zero-order chi connectivity index (χ0) is 25.5. The van der Waals surface area contributed by atoms with E-state index in [1.807, 2.05) is 48.6 Å². The number of nitrogens with zero attached hydrogens (tertiary/aromatic N) is 3. The van der Waals surface area contributed by atoms with Gasteiger partial charge in [0.1, 0.15) is 12.1 Å². The van der Waals surface area contributed by atoms with Crippen LogP contribution in [-0.2, 0) is 30.7 Å². The molecule has 2 aromatic heterocycles. The smallest absolute Gasteiger partial charge is 0.309 e. The average molecular weight is 510 g/mol. The summed E-state index contributed by atoms with van der Waals surface area (Å²) in [5.74, 6) is 0.00759. The first-order valence-corrected chi connectivity index (χ1v) is 13.6. The van der Waals surface area contributed by atoms with E-state index in [1.54, 1.807) is 0 Å². The molecule has 0 aliphatic heterocycles. The van der Waals surface area contributed by atoms with Crippen LogP contribution >= 0.6 is 0 Å². The Kier molecular flexibility index (Phi) is 6.25. The van der Waals surface area contributed by atoms with Gasteiger partial charge in [0.2, 0.25) is 20.9 Å². The fourth-order valence-electron chi connectivity index (χ4n) is 4.27. The number of benzene rings is 1. The maximum atomic E-state index is 12.4. The van der Waals surface area contributed by atoms with Crippen LogP contribution in [0.15, 0.2) is 64.3 Å². The number of allylic oxidation sites excluding steroid dienone is 2. The summed E-state index contributed by atoms with van der Waals surface area (Å²) in [6.07, 6.45) is 9.29. The Morgan fingerprint density at radius 2 is 1.92 bits per heavy atom. The Morgan fingerprint density at radius 3 is 2.61 bits per heavy atom. The van der Waals surface area contributed by atoms with Crippen molar-refractivity contribution in [1.29, 1.82) is 0 Å². The van der Waals surface area contributed by atoms with Gasteiger partial charge >= 0.3 is 5.97 Å². The maximum Gasteiger partial charge on any atom is 0.309 e. The molecule has 36 heavy (non-hydrogen) atoms. The monoisotopic (exact) mass is 509 g/mol. The number of ether oxygens (including phenoxy) is 2. The van der Waals surface area contributed by atoms with Crippen molar-refractivity contribution in [2.24, 2.45) is 11.3 Å². The number of hydrogen-bond donors (Lipinski definition) is 0. The van der Waals surface area contributed by atoms with Crippen molar-refractivity contribution < 1.29 is 27.1 Å². The molecule has 1 aromatic carbocycles. The van der Waals surface area contributed by atoms with Crippen molar-refractivity contribution in [3.63, 3.8) is 0 Å². The predicted molar refractivity (Wildman–Crippen MR) is 131 cm³/mol. The Hall–Kier alpha value is -3.37. The van der Waals surface area contributed by atoms with Crippen molar-refractivity contribution in [2.45, 2.75) is 50.7 Å². The Morgan fingerprint density at radius 1 is 1.17 bits per heavy atom. The molecule has 10 heteroatoms. The van der Waals surface area contributed by atoms with E-state index in [1.165, 1.54) is 6.20 Å². The highest BCUT2D eigenvalue weighted by atomic mass is 32.2. The lowest BCUT2D eigenvalue weighted by atomic mass is 9.78. The first kappa shape index (κ1) is 24.3. The molecule has 1 unspecified atom stereocenters. The van der Waals surface area contributed by atoms with E-state index in [0.29, 0.717) is 24.2 Å². The predicted octanol–water partition coefficient (Wildman–Crippen LogP) is 3.91. The van der Waals surface area contributed by atoms with Crippen LogP contribution in [0.1, 0.15) is 38.1 Å². The SMILES string of the molecule is CC1(C)C=C(c2nc3cnc(S(C)(=O)=O)nc3o2)C=CC1OC1CC(C(=O)OCc2ccccc2)C1. The number of oxazole rings is 1. The van der Waals surface area contributed by atoms with E-state index in [0.717, 1.165) is 17.4 Å². The molecule has 0 radical (unpaired) electrons. The van der Waals surface area contributed by atoms with Crippen LogP contribution in [0.4, 0.5) is 0 Å². The fourth-order valence-corrected chi connectivity index (χ4v) is 4.76. The number of esters is 1. The summed E-state index contributed by atoms with van der Waals surface area (Å²) in [4.78, 5) is 24.6. The molecule has 5 rings (SSSR count). The molecule has 1 atom stereocenters. The molecule has 0 saturated heterocycles. The summed E-state index contributed by atoms with van der Waals surface area (Å²) >= 11 is 0. The van der Waals surface area contributed by atoms with E-state index in [-0.39, 0.29) is 47.0 Å². The number of aromatic nitrogens is 3. The average Bonchev–Trinajstić information content (AvgIpc) is 3.24. The highest BCUT2D eigenvalue weighted by Crippen LogP contribution is 2.40. The van der Waals surface area contributed by atoms with Gasteiger partial charge in [0, 0.05) is 17.2 Å². The maximum absolute atomic E-state index is 12.4. The molecule has 9 nitrogen and oxygen atoms in total. The summed E-state index contributed by atoms with van der Waals surface area (Å²) < 4.78 is 40.9. The number of hydrogen-bond acceptors (Lipinski definition) is 9. The van der Waals surface area contributed by atoms with Crippen LogP contribution in [-0.4, -0.2) is 47.8 Å². The highest BCUT2D eigenvalue weighted by molar-refractivity contribution is 7.90. The lowest BCUT2D eigenvalue weighted by Gasteiger charge is -2.40. The van der Waals surface area contributed by atoms with Crippen LogP contribution in [0.2, 0.25) is 0 Å².